The Morgan fingerprint density at radius 3 is 2.43 bits per heavy atom. The molecule has 0 atom stereocenters. The second-order valence-corrected chi connectivity index (χ2v) is 5.73. The van der Waals surface area contributed by atoms with Gasteiger partial charge in [0.05, 0.1) is 0 Å². The predicted molar refractivity (Wildman–Crippen MR) is 85.6 cm³/mol. The zero-order valence-electron chi connectivity index (χ0n) is 12.2. The maximum absolute atomic E-state index is 12.9. The lowest BCUT2D eigenvalue weighted by Gasteiger charge is -2.33. The quantitative estimate of drug-likeness (QED) is 0.811. The van der Waals surface area contributed by atoms with E-state index in [2.05, 4.69) is 0 Å². The highest BCUT2D eigenvalue weighted by Gasteiger charge is 2.33. The van der Waals surface area contributed by atoms with Crippen LogP contribution in [0.1, 0.15) is 5.56 Å². The number of halogens is 2. The number of amides is 2. The number of benzene rings is 2. The molecule has 2 aromatic rings. The Balaban J connectivity index is 1.73. The van der Waals surface area contributed by atoms with Gasteiger partial charge in [0.25, 0.3) is 0 Å². The lowest BCUT2D eigenvalue weighted by molar-refractivity contribution is -0.146. The molecule has 118 valence electrons. The van der Waals surface area contributed by atoms with Crippen molar-refractivity contribution in [1.82, 2.24) is 4.90 Å². The van der Waals surface area contributed by atoms with Gasteiger partial charge in [-0.2, -0.15) is 0 Å². The highest BCUT2D eigenvalue weighted by atomic mass is 35.5. The van der Waals surface area contributed by atoms with E-state index in [1.807, 2.05) is 0 Å². The molecular weight excluding hydrogens is 319 g/mol. The van der Waals surface area contributed by atoms with Crippen molar-refractivity contribution in [3.63, 3.8) is 0 Å². The third-order valence-electron chi connectivity index (χ3n) is 3.72. The third kappa shape index (κ3) is 3.35. The highest BCUT2D eigenvalue weighted by Crippen LogP contribution is 2.22. The smallest absolute Gasteiger partial charge is 0.316 e. The molecular formula is C17H14ClFN2O2. The van der Waals surface area contributed by atoms with Gasteiger partial charge in [0.2, 0.25) is 0 Å². The zero-order valence-corrected chi connectivity index (χ0v) is 13.0. The molecule has 1 saturated heterocycles. The molecule has 0 saturated carbocycles. The summed E-state index contributed by atoms with van der Waals surface area (Å²) < 4.78 is 12.9. The first-order valence-corrected chi connectivity index (χ1v) is 7.53. The van der Waals surface area contributed by atoms with Crippen molar-refractivity contribution in [2.75, 3.05) is 18.0 Å². The Labute approximate surface area is 138 Å². The number of hydrogen-bond donors (Lipinski definition) is 0. The Morgan fingerprint density at radius 2 is 1.74 bits per heavy atom. The van der Waals surface area contributed by atoms with E-state index in [1.54, 1.807) is 36.4 Å². The molecule has 1 aliphatic rings. The Hall–Kier alpha value is -2.40. The lowest BCUT2D eigenvalue weighted by Crippen LogP contribution is -2.54. The van der Waals surface area contributed by atoms with Gasteiger partial charge in [-0.05, 0) is 35.9 Å². The van der Waals surface area contributed by atoms with Crippen molar-refractivity contribution in [3.05, 3.63) is 64.9 Å². The summed E-state index contributed by atoms with van der Waals surface area (Å²) >= 11 is 5.93. The van der Waals surface area contributed by atoms with Crippen molar-refractivity contribution in [2.45, 2.75) is 6.54 Å². The summed E-state index contributed by atoms with van der Waals surface area (Å²) in [6, 6.07) is 12.7. The van der Waals surface area contributed by atoms with Gasteiger partial charge >= 0.3 is 11.8 Å². The Morgan fingerprint density at radius 1 is 1.00 bits per heavy atom. The molecule has 1 aliphatic heterocycles. The third-order valence-corrected chi connectivity index (χ3v) is 3.95. The molecule has 2 amide bonds. The van der Waals surface area contributed by atoms with Crippen LogP contribution < -0.4 is 4.90 Å². The zero-order chi connectivity index (χ0) is 16.4. The van der Waals surface area contributed by atoms with Crippen molar-refractivity contribution in [3.8, 4) is 0 Å². The molecule has 6 heteroatoms. The first-order valence-electron chi connectivity index (χ1n) is 7.15. The summed E-state index contributed by atoms with van der Waals surface area (Å²) in [4.78, 5) is 27.5. The molecule has 4 nitrogen and oxygen atoms in total. The molecule has 0 aliphatic carbocycles. The molecule has 1 heterocycles. The maximum atomic E-state index is 12.9. The fourth-order valence-electron chi connectivity index (χ4n) is 2.53. The van der Waals surface area contributed by atoms with Crippen LogP contribution in [0, 0.1) is 5.82 Å². The van der Waals surface area contributed by atoms with Crippen LogP contribution in [0.15, 0.2) is 48.5 Å². The van der Waals surface area contributed by atoms with Gasteiger partial charge in [-0.25, -0.2) is 4.39 Å². The number of anilines is 1. The number of carbonyl (C=O) groups excluding carboxylic acids is 2. The van der Waals surface area contributed by atoms with Crippen molar-refractivity contribution >= 4 is 29.1 Å². The van der Waals surface area contributed by atoms with Gasteiger partial charge < -0.3 is 9.80 Å². The van der Waals surface area contributed by atoms with Gasteiger partial charge in [0.15, 0.2) is 0 Å². The molecule has 2 aromatic carbocycles. The van der Waals surface area contributed by atoms with Crippen LogP contribution in [0.2, 0.25) is 5.02 Å². The minimum absolute atomic E-state index is 0.286. The first kappa shape index (κ1) is 15.5. The normalized spacial score (nSPS) is 15.2. The summed E-state index contributed by atoms with van der Waals surface area (Å²) in [6.07, 6.45) is 0. The largest absolute Gasteiger partial charge is 0.328 e. The lowest BCUT2D eigenvalue weighted by atomic mass is 10.1. The van der Waals surface area contributed by atoms with Gasteiger partial charge in [0.1, 0.15) is 5.82 Å². The molecule has 0 radical (unpaired) electrons. The second kappa shape index (κ2) is 6.38. The Kier molecular flexibility index (Phi) is 4.30. The van der Waals surface area contributed by atoms with Gasteiger partial charge in [-0.1, -0.05) is 29.8 Å². The van der Waals surface area contributed by atoms with Gasteiger partial charge in [-0.15, -0.1) is 0 Å². The summed E-state index contributed by atoms with van der Waals surface area (Å²) in [5, 5.41) is 0.511. The van der Waals surface area contributed by atoms with Crippen LogP contribution in [0.4, 0.5) is 10.1 Å². The molecule has 0 bridgehead atoms. The SMILES string of the molecule is O=C1C(=O)N(c2cccc(Cl)c2)CCN1Cc1ccc(F)cc1. The number of carbonyl (C=O) groups is 2. The Bertz CT molecular complexity index is 749. The fraction of sp³-hybridized carbons (Fsp3) is 0.176. The predicted octanol–water partition coefficient (Wildman–Crippen LogP) is 2.85. The van der Waals surface area contributed by atoms with Crippen LogP contribution in [0.3, 0.4) is 0 Å². The standard InChI is InChI=1S/C17H14ClFN2O2/c18-13-2-1-3-15(10-13)21-9-8-20(16(22)17(21)23)11-12-4-6-14(19)7-5-12/h1-7,10H,8-9,11H2. The summed E-state index contributed by atoms with van der Waals surface area (Å²) in [7, 11) is 0. The summed E-state index contributed by atoms with van der Waals surface area (Å²) in [6.45, 7) is 1.09. The van der Waals surface area contributed by atoms with Crippen LogP contribution in [0.5, 0.6) is 0 Å². The van der Waals surface area contributed by atoms with Crippen LogP contribution in [-0.2, 0) is 16.1 Å². The van der Waals surface area contributed by atoms with Crippen LogP contribution in [-0.4, -0.2) is 29.8 Å². The van der Waals surface area contributed by atoms with E-state index in [-0.39, 0.29) is 12.4 Å². The minimum Gasteiger partial charge on any atom is -0.328 e. The van der Waals surface area contributed by atoms with E-state index in [0.29, 0.717) is 23.8 Å². The molecule has 0 unspecified atom stereocenters. The molecule has 0 spiro atoms. The fourth-order valence-corrected chi connectivity index (χ4v) is 2.71. The van der Waals surface area contributed by atoms with Gasteiger partial charge in [-0.3, -0.25) is 9.59 Å². The summed E-state index contributed by atoms with van der Waals surface area (Å²) in [5.74, 6) is -1.48. The number of rotatable bonds is 3. The molecule has 1 fully saturated rings. The number of nitrogens with zero attached hydrogens (tertiary/aromatic N) is 2. The van der Waals surface area contributed by atoms with Crippen molar-refractivity contribution < 1.29 is 14.0 Å². The van der Waals surface area contributed by atoms with Gasteiger partial charge in [0, 0.05) is 30.3 Å². The maximum Gasteiger partial charge on any atom is 0.316 e. The topological polar surface area (TPSA) is 40.6 Å². The number of piperazine rings is 1. The average molecular weight is 333 g/mol. The van der Waals surface area contributed by atoms with Crippen LogP contribution in [0.25, 0.3) is 0 Å². The summed E-state index contributed by atoms with van der Waals surface area (Å²) in [5.41, 5.74) is 1.39. The van der Waals surface area contributed by atoms with E-state index >= 15 is 0 Å². The van der Waals surface area contributed by atoms with E-state index in [9.17, 15) is 14.0 Å². The van der Waals surface area contributed by atoms with E-state index < -0.39 is 11.8 Å². The van der Waals surface area contributed by atoms with Crippen LogP contribution >= 0.6 is 11.6 Å². The first-order chi connectivity index (χ1) is 11.0. The molecule has 3 rings (SSSR count). The monoisotopic (exact) mass is 332 g/mol. The highest BCUT2D eigenvalue weighted by molar-refractivity contribution is 6.41. The molecule has 0 aromatic heterocycles. The van der Waals surface area contributed by atoms with E-state index in [4.69, 9.17) is 11.6 Å². The number of hydrogen-bond acceptors (Lipinski definition) is 2. The second-order valence-electron chi connectivity index (χ2n) is 5.29. The minimum atomic E-state index is -0.583. The van der Waals surface area contributed by atoms with Crippen molar-refractivity contribution in [2.24, 2.45) is 0 Å². The van der Waals surface area contributed by atoms with E-state index in [1.165, 1.54) is 21.9 Å². The van der Waals surface area contributed by atoms with E-state index in [0.717, 1.165) is 5.56 Å². The molecule has 23 heavy (non-hydrogen) atoms. The average Bonchev–Trinajstić information content (AvgIpc) is 2.54. The molecule has 0 N–H and O–H groups in total. The van der Waals surface area contributed by atoms with Crippen molar-refractivity contribution in [1.29, 1.82) is 0 Å².